The van der Waals surface area contributed by atoms with Crippen molar-refractivity contribution in [1.29, 1.82) is 0 Å². The molecule has 0 N–H and O–H groups in total. The molecule has 3 rings (SSSR count). The Bertz CT molecular complexity index is 850. The summed E-state index contributed by atoms with van der Waals surface area (Å²) in [5.41, 5.74) is 2.08. The summed E-state index contributed by atoms with van der Waals surface area (Å²) < 4.78 is 2.04. The summed E-state index contributed by atoms with van der Waals surface area (Å²) in [6, 6.07) is 14.1. The van der Waals surface area contributed by atoms with Crippen molar-refractivity contribution in [1.82, 2.24) is 14.4 Å². The lowest BCUT2D eigenvalue weighted by molar-refractivity contribution is -0.139. The molecule has 1 aromatic carbocycles. The number of carbonyl (C=O) groups is 2. The SMILES string of the molecule is CC(C)CN(CC(=O)N(Cc1cccn1C)C1CC1)C(=O)C=Cc1ccccc1. The largest absolute Gasteiger partial charge is 0.353 e. The van der Waals surface area contributed by atoms with Crippen LogP contribution in [-0.4, -0.2) is 45.3 Å². The molecule has 1 saturated carbocycles. The number of aromatic nitrogens is 1. The molecule has 5 nitrogen and oxygen atoms in total. The van der Waals surface area contributed by atoms with Crippen LogP contribution in [-0.2, 0) is 23.2 Å². The summed E-state index contributed by atoms with van der Waals surface area (Å²) in [5, 5.41) is 0. The lowest BCUT2D eigenvalue weighted by atomic mass is 10.2. The highest BCUT2D eigenvalue weighted by Gasteiger charge is 2.34. The van der Waals surface area contributed by atoms with Crippen molar-refractivity contribution in [3.8, 4) is 0 Å². The van der Waals surface area contributed by atoms with Crippen LogP contribution in [0.5, 0.6) is 0 Å². The molecule has 154 valence electrons. The maximum absolute atomic E-state index is 13.1. The van der Waals surface area contributed by atoms with Gasteiger partial charge < -0.3 is 14.4 Å². The van der Waals surface area contributed by atoms with Crippen molar-refractivity contribution in [2.24, 2.45) is 13.0 Å². The molecule has 1 fully saturated rings. The summed E-state index contributed by atoms with van der Waals surface area (Å²) in [6.45, 7) is 5.41. The van der Waals surface area contributed by atoms with Gasteiger partial charge in [-0.1, -0.05) is 44.2 Å². The number of benzene rings is 1. The second-order valence-corrected chi connectivity index (χ2v) is 8.22. The van der Waals surface area contributed by atoms with Gasteiger partial charge in [0.2, 0.25) is 11.8 Å². The molecule has 0 bridgehead atoms. The van der Waals surface area contributed by atoms with E-state index in [4.69, 9.17) is 0 Å². The normalized spacial score (nSPS) is 13.8. The first kappa shape index (κ1) is 20.9. The van der Waals surface area contributed by atoms with Crippen LogP contribution in [0.15, 0.2) is 54.7 Å². The molecule has 0 atom stereocenters. The van der Waals surface area contributed by atoms with E-state index in [2.05, 4.69) is 13.8 Å². The predicted molar refractivity (Wildman–Crippen MR) is 116 cm³/mol. The molecular formula is C24H31N3O2. The zero-order valence-corrected chi connectivity index (χ0v) is 17.6. The van der Waals surface area contributed by atoms with Crippen LogP contribution in [0.2, 0.25) is 0 Å². The summed E-state index contributed by atoms with van der Waals surface area (Å²) in [4.78, 5) is 29.6. The van der Waals surface area contributed by atoms with Crippen LogP contribution >= 0.6 is 0 Å². The Balaban J connectivity index is 1.69. The lowest BCUT2D eigenvalue weighted by Crippen LogP contribution is -2.44. The molecule has 29 heavy (non-hydrogen) atoms. The Kier molecular flexibility index (Phi) is 6.91. The minimum Gasteiger partial charge on any atom is -0.353 e. The highest BCUT2D eigenvalue weighted by molar-refractivity contribution is 5.94. The standard InChI is InChI=1S/C24H31N3O2/c1-19(2)16-26(23(28)14-11-20-8-5-4-6-9-20)18-24(29)27(21-12-13-21)17-22-10-7-15-25(22)3/h4-11,14-15,19,21H,12-13,16-18H2,1-3H3. The second-order valence-electron chi connectivity index (χ2n) is 8.22. The summed E-state index contributed by atoms with van der Waals surface area (Å²) in [5.74, 6) is 0.195. The summed E-state index contributed by atoms with van der Waals surface area (Å²) in [6.07, 6.45) is 7.46. The Labute approximate surface area is 173 Å². The minimum absolute atomic E-state index is 0.0239. The molecule has 2 aromatic rings. The van der Waals surface area contributed by atoms with Crippen molar-refractivity contribution < 1.29 is 9.59 Å². The molecule has 0 radical (unpaired) electrons. The van der Waals surface area contributed by atoms with Crippen LogP contribution < -0.4 is 0 Å². The molecule has 0 unspecified atom stereocenters. The molecule has 1 aromatic heterocycles. The molecule has 0 saturated heterocycles. The molecule has 1 aliphatic carbocycles. The van der Waals surface area contributed by atoms with Gasteiger partial charge in [0.05, 0.1) is 6.54 Å². The smallest absolute Gasteiger partial charge is 0.247 e. The van der Waals surface area contributed by atoms with E-state index in [-0.39, 0.29) is 18.4 Å². The number of hydrogen-bond acceptors (Lipinski definition) is 2. The fourth-order valence-electron chi connectivity index (χ4n) is 3.41. The number of aryl methyl sites for hydroxylation is 1. The number of hydrogen-bond donors (Lipinski definition) is 0. The monoisotopic (exact) mass is 393 g/mol. The fourth-order valence-corrected chi connectivity index (χ4v) is 3.41. The number of nitrogens with zero attached hydrogens (tertiary/aromatic N) is 3. The Morgan fingerprint density at radius 3 is 2.45 bits per heavy atom. The molecule has 1 aliphatic rings. The lowest BCUT2D eigenvalue weighted by Gasteiger charge is -2.28. The highest BCUT2D eigenvalue weighted by Crippen LogP contribution is 2.28. The maximum atomic E-state index is 13.1. The van der Waals surface area contributed by atoms with Gasteiger partial charge in [-0.05, 0) is 42.5 Å². The van der Waals surface area contributed by atoms with Crippen LogP contribution in [0.1, 0.15) is 37.9 Å². The molecular weight excluding hydrogens is 362 g/mol. The number of carbonyl (C=O) groups excluding carboxylic acids is 2. The average Bonchev–Trinajstić information content (AvgIpc) is 3.46. The van der Waals surface area contributed by atoms with Gasteiger partial charge in [0.25, 0.3) is 0 Å². The number of amides is 2. The van der Waals surface area contributed by atoms with Crippen molar-refractivity contribution in [2.45, 2.75) is 39.3 Å². The first-order valence-electron chi connectivity index (χ1n) is 10.4. The van der Waals surface area contributed by atoms with Gasteiger partial charge in [-0.25, -0.2) is 0 Å². The Morgan fingerprint density at radius 2 is 1.86 bits per heavy atom. The first-order valence-corrected chi connectivity index (χ1v) is 10.4. The zero-order chi connectivity index (χ0) is 20.8. The van der Waals surface area contributed by atoms with E-state index in [1.807, 2.05) is 71.3 Å². The predicted octanol–water partition coefficient (Wildman–Crippen LogP) is 3.71. The van der Waals surface area contributed by atoms with E-state index in [0.717, 1.165) is 24.1 Å². The van der Waals surface area contributed by atoms with E-state index >= 15 is 0 Å². The second kappa shape index (κ2) is 9.59. The van der Waals surface area contributed by atoms with Crippen molar-refractivity contribution in [3.05, 3.63) is 66.0 Å². The zero-order valence-electron chi connectivity index (χ0n) is 17.6. The van der Waals surface area contributed by atoms with Gasteiger partial charge in [-0.15, -0.1) is 0 Å². The van der Waals surface area contributed by atoms with Gasteiger partial charge in [-0.3, -0.25) is 9.59 Å². The van der Waals surface area contributed by atoms with Crippen LogP contribution in [0.3, 0.4) is 0 Å². The average molecular weight is 394 g/mol. The summed E-state index contributed by atoms with van der Waals surface area (Å²) >= 11 is 0. The van der Waals surface area contributed by atoms with Crippen LogP contribution in [0.25, 0.3) is 6.08 Å². The molecule has 0 spiro atoms. The third-order valence-electron chi connectivity index (χ3n) is 5.13. The fraction of sp³-hybridized carbons (Fsp3) is 0.417. The molecule has 5 heteroatoms. The highest BCUT2D eigenvalue weighted by atomic mass is 16.2. The third kappa shape index (κ3) is 6.08. The van der Waals surface area contributed by atoms with Gasteiger partial charge in [0.15, 0.2) is 0 Å². The summed E-state index contributed by atoms with van der Waals surface area (Å²) in [7, 11) is 1.99. The maximum Gasteiger partial charge on any atom is 0.247 e. The van der Waals surface area contributed by atoms with Crippen molar-refractivity contribution in [2.75, 3.05) is 13.1 Å². The molecule has 0 aliphatic heterocycles. The topological polar surface area (TPSA) is 45.6 Å². The van der Waals surface area contributed by atoms with E-state index in [1.165, 1.54) is 0 Å². The Hall–Kier alpha value is -2.82. The van der Waals surface area contributed by atoms with E-state index in [1.54, 1.807) is 11.0 Å². The van der Waals surface area contributed by atoms with E-state index in [9.17, 15) is 9.59 Å². The van der Waals surface area contributed by atoms with Crippen molar-refractivity contribution >= 4 is 17.9 Å². The van der Waals surface area contributed by atoms with Crippen LogP contribution in [0.4, 0.5) is 0 Å². The van der Waals surface area contributed by atoms with Gasteiger partial charge in [-0.2, -0.15) is 0 Å². The first-order chi connectivity index (χ1) is 13.9. The van der Waals surface area contributed by atoms with Gasteiger partial charge in [0, 0.05) is 37.6 Å². The van der Waals surface area contributed by atoms with E-state index < -0.39 is 0 Å². The van der Waals surface area contributed by atoms with Gasteiger partial charge >= 0.3 is 0 Å². The molecule has 2 amide bonds. The quantitative estimate of drug-likeness (QED) is 0.610. The Morgan fingerprint density at radius 1 is 1.14 bits per heavy atom. The number of rotatable bonds is 9. The van der Waals surface area contributed by atoms with Crippen molar-refractivity contribution in [3.63, 3.8) is 0 Å². The van der Waals surface area contributed by atoms with E-state index in [0.29, 0.717) is 25.0 Å². The molecule has 1 heterocycles. The third-order valence-corrected chi connectivity index (χ3v) is 5.13. The van der Waals surface area contributed by atoms with Gasteiger partial charge in [0.1, 0.15) is 6.54 Å². The van der Waals surface area contributed by atoms with Crippen LogP contribution in [0, 0.1) is 5.92 Å². The minimum atomic E-state index is -0.120.